The Bertz CT molecular complexity index is 628. The van der Waals surface area contributed by atoms with Gasteiger partial charge in [-0.1, -0.05) is 11.6 Å². The number of aromatic nitrogens is 2. The fourth-order valence-electron chi connectivity index (χ4n) is 1.93. The standard InChI is InChI=1S/C13H12ClN3O3/c14-10-3-8(4-11-12(10)20-7-19-11)13(18)16-2-1-9-5-15-6-17-9/h3-6H,1-2,7H2,(H,15,17)(H,16,18). The SMILES string of the molecule is O=C(NCCc1cnc[nH]1)c1cc(Cl)c2c(c1)OCO2. The van der Waals surface area contributed by atoms with Crippen LogP contribution in [0.1, 0.15) is 16.1 Å². The molecule has 1 amide bonds. The predicted molar refractivity (Wildman–Crippen MR) is 72.2 cm³/mol. The number of carbonyl (C=O) groups is 1. The van der Waals surface area contributed by atoms with E-state index in [1.165, 1.54) is 0 Å². The molecule has 1 aliphatic heterocycles. The molecule has 104 valence electrons. The number of fused-ring (bicyclic) bond motifs is 1. The van der Waals surface area contributed by atoms with Crippen LogP contribution in [0.3, 0.4) is 0 Å². The van der Waals surface area contributed by atoms with Gasteiger partial charge in [0.15, 0.2) is 11.5 Å². The molecule has 0 spiro atoms. The molecule has 0 unspecified atom stereocenters. The van der Waals surface area contributed by atoms with Crippen LogP contribution in [0, 0.1) is 0 Å². The molecule has 0 bridgehead atoms. The number of ether oxygens (including phenoxy) is 2. The van der Waals surface area contributed by atoms with Crippen LogP contribution in [0.4, 0.5) is 0 Å². The van der Waals surface area contributed by atoms with E-state index in [0.29, 0.717) is 35.1 Å². The first-order valence-electron chi connectivity index (χ1n) is 6.08. The number of aromatic amines is 1. The molecule has 6 nitrogen and oxygen atoms in total. The van der Waals surface area contributed by atoms with E-state index < -0.39 is 0 Å². The summed E-state index contributed by atoms with van der Waals surface area (Å²) in [6.45, 7) is 0.632. The van der Waals surface area contributed by atoms with E-state index in [0.717, 1.165) is 5.69 Å². The lowest BCUT2D eigenvalue weighted by atomic mass is 10.2. The Balaban J connectivity index is 1.64. The second kappa shape index (κ2) is 5.42. The van der Waals surface area contributed by atoms with Gasteiger partial charge in [0.2, 0.25) is 6.79 Å². The summed E-state index contributed by atoms with van der Waals surface area (Å²) >= 11 is 6.04. The van der Waals surface area contributed by atoms with Crippen molar-refractivity contribution in [3.8, 4) is 11.5 Å². The normalized spacial score (nSPS) is 12.4. The van der Waals surface area contributed by atoms with Gasteiger partial charge in [-0.05, 0) is 12.1 Å². The summed E-state index contributed by atoms with van der Waals surface area (Å²) in [6.07, 6.45) is 4.02. The van der Waals surface area contributed by atoms with E-state index in [4.69, 9.17) is 21.1 Å². The molecule has 0 aliphatic carbocycles. The first-order chi connectivity index (χ1) is 9.74. The summed E-state index contributed by atoms with van der Waals surface area (Å²) in [5.41, 5.74) is 1.41. The number of H-pyrrole nitrogens is 1. The number of nitrogens with zero attached hydrogens (tertiary/aromatic N) is 1. The highest BCUT2D eigenvalue weighted by Crippen LogP contribution is 2.39. The Kier molecular flexibility index (Phi) is 3.47. The van der Waals surface area contributed by atoms with Gasteiger partial charge in [-0.3, -0.25) is 4.79 Å². The molecule has 3 rings (SSSR count). The molecule has 0 fully saturated rings. The molecule has 2 aromatic rings. The maximum absolute atomic E-state index is 12.0. The van der Waals surface area contributed by atoms with Gasteiger partial charge in [0.1, 0.15) is 0 Å². The molecule has 0 saturated heterocycles. The zero-order valence-electron chi connectivity index (χ0n) is 10.5. The van der Waals surface area contributed by atoms with Crippen molar-refractivity contribution in [2.75, 3.05) is 13.3 Å². The molecule has 2 heterocycles. The lowest BCUT2D eigenvalue weighted by Crippen LogP contribution is -2.25. The van der Waals surface area contributed by atoms with E-state index in [2.05, 4.69) is 15.3 Å². The highest BCUT2D eigenvalue weighted by Gasteiger charge is 2.20. The topological polar surface area (TPSA) is 76.2 Å². The molecule has 7 heteroatoms. The number of amides is 1. The van der Waals surface area contributed by atoms with Crippen LogP contribution >= 0.6 is 11.6 Å². The Hall–Kier alpha value is -2.21. The minimum absolute atomic E-state index is 0.125. The second-order valence-electron chi connectivity index (χ2n) is 4.27. The van der Waals surface area contributed by atoms with Crippen LogP contribution in [-0.2, 0) is 6.42 Å². The molecule has 0 radical (unpaired) electrons. The van der Waals surface area contributed by atoms with Crippen LogP contribution < -0.4 is 14.8 Å². The van der Waals surface area contributed by atoms with E-state index in [1.807, 2.05) is 0 Å². The molecular formula is C13H12ClN3O3. The van der Waals surface area contributed by atoms with E-state index in [-0.39, 0.29) is 12.7 Å². The molecule has 0 saturated carbocycles. The van der Waals surface area contributed by atoms with Gasteiger partial charge in [-0.2, -0.15) is 0 Å². The number of benzene rings is 1. The van der Waals surface area contributed by atoms with Gasteiger partial charge in [0, 0.05) is 30.4 Å². The minimum atomic E-state index is -0.204. The fourth-order valence-corrected chi connectivity index (χ4v) is 2.20. The predicted octanol–water partition coefficient (Wildman–Crippen LogP) is 1.76. The van der Waals surface area contributed by atoms with Gasteiger partial charge in [0.05, 0.1) is 11.3 Å². The highest BCUT2D eigenvalue weighted by atomic mass is 35.5. The molecule has 1 aromatic heterocycles. The van der Waals surface area contributed by atoms with E-state index in [1.54, 1.807) is 24.7 Å². The maximum atomic E-state index is 12.0. The number of halogens is 1. The van der Waals surface area contributed by atoms with Gasteiger partial charge in [-0.15, -0.1) is 0 Å². The monoisotopic (exact) mass is 293 g/mol. The molecule has 1 aliphatic rings. The van der Waals surface area contributed by atoms with Gasteiger partial charge >= 0.3 is 0 Å². The maximum Gasteiger partial charge on any atom is 0.251 e. The zero-order chi connectivity index (χ0) is 13.9. The van der Waals surface area contributed by atoms with Crippen molar-refractivity contribution < 1.29 is 14.3 Å². The smallest absolute Gasteiger partial charge is 0.251 e. The summed E-state index contributed by atoms with van der Waals surface area (Å²) in [5, 5.41) is 3.19. The number of imidazole rings is 1. The van der Waals surface area contributed by atoms with E-state index in [9.17, 15) is 4.79 Å². The molecule has 0 atom stereocenters. The van der Waals surface area contributed by atoms with Gasteiger partial charge < -0.3 is 19.8 Å². The van der Waals surface area contributed by atoms with Gasteiger partial charge in [-0.25, -0.2) is 4.98 Å². The number of hydrogen-bond donors (Lipinski definition) is 2. The van der Waals surface area contributed by atoms with Crippen molar-refractivity contribution in [1.29, 1.82) is 0 Å². The summed E-state index contributed by atoms with van der Waals surface area (Å²) in [4.78, 5) is 18.9. The summed E-state index contributed by atoms with van der Waals surface area (Å²) in [5.74, 6) is 0.779. The van der Waals surface area contributed by atoms with Crippen LogP contribution in [0.2, 0.25) is 5.02 Å². The molecular weight excluding hydrogens is 282 g/mol. The summed E-state index contributed by atoms with van der Waals surface area (Å²) < 4.78 is 10.4. The second-order valence-corrected chi connectivity index (χ2v) is 4.68. The van der Waals surface area contributed by atoms with Crippen molar-refractivity contribution in [3.05, 3.63) is 40.9 Å². The quantitative estimate of drug-likeness (QED) is 0.901. The lowest BCUT2D eigenvalue weighted by Gasteiger charge is -2.06. The fraction of sp³-hybridized carbons (Fsp3) is 0.231. The number of carbonyl (C=O) groups excluding carboxylic acids is 1. The Morgan fingerprint density at radius 3 is 3.15 bits per heavy atom. The molecule has 1 aromatic carbocycles. The van der Waals surface area contributed by atoms with Crippen LogP contribution in [0.25, 0.3) is 0 Å². The van der Waals surface area contributed by atoms with Crippen molar-refractivity contribution in [2.24, 2.45) is 0 Å². The first kappa shape index (κ1) is 12.8. The zero-order valence-corrected chi connectivity index (χ0v) is 11.2. The van der Waals surface area contributed by atoms with Crippen molar-refractivity contribution in [2.45, 2.75) is 6.42 Å². The van der Waals surface area contributed by atoms with Crippen molar-refractivity contribution in [1.82, 2.24) is 15.3 Å². The Labute approximate surface area is 120 Å². The number of hydrogen-bond acceptors (Lipinski definition) is 4. The van der Waals surface area contributed by atoms with Crippen molar-refractivity contribution in [3.63, 3.8) is 0 Å². The van der Waals surface area contributed by atoms with Crippen LogP contribution in [-0.4, -0.2) is 29.2 Å². The van der Waals surface area contributed by atoms with Gasteiger partial charge in [0.25, 0.3) is 5.91 Å². The third-order valence-corrected chi connectivity index (χ3v) is 3.20. The van der Waals surface area contributed by atoms with Crippen LogP contribution in [0.5, 0.6) is 11.5 Å². The summed E-state index contributed by atoms with van der Waals surface area (Å²) in [6, 6.07) is 3.19. The minimum Gasteiger partial charge on any atom is -0.454 e. The average Bonchev–Trinajstić information content (AvgIpc) is 3.08. The van der Waals surface area contributed by atoms with Crippen molar-refractivity contribution >= 4 is 17.5 Å². The Morgan fingerprint density at radius 2 is 2.35 bits per heavy atom. The number of rotatable bonds is 4. The Morgan fingerprint density at radius 1 is 1.45 bits per heavy atom. The lowest BCUT2D eigenvalue weighted by molar-refractivity contribution is 0.0953. The summed E-state index contributed by atoms with van der Waals surface area (Å²) in [7, 11) is 0. The van der Waals surface area contributed by atoms with E-state index >= 15 is 0 Å². The molecule has 2 N–H and O–H groups in total. The third-order valence-electron chi connectivity index (χ3n) is 2.92. The average molecular weight is 294 g/mol. The largest absolute Gasteiger partial charge is 0.454 e. The first-order valence-corrected chi connectivity index (χ1v) is 6.46. The van der Waals surface area contributed by atoms with Crippen LogP contribution in [0.15, 0.2) is 24.7 Å². The third kappa shape index (κ3) is 2.55. The number of nitrogens with one attached hydrogen (secondary N) is 2. The molecule has 20 heavy (non-hydrogen) atoms. The highest BCUT2D eigenvalue weighted by molar-refractivity contribution is 6.32.